The quantitative estimate of drug-likeness (QED) is 0.544. The summed E-state index contributed by atoms with van der Waals surface area (Å²) in [6.07, 6.45) is 3.36. The van der Waals surface area contributed by atoms with Crippen LogP contribution in [0.25, 0.3) is 22.2 Å². The van der Waals surface area contributed by atoms with Crippen molar-refractivity contribution in [3.63, 3.8) is 0 Å². The van der Waals surface area contributed by atoms with E-state index in [-0.39, 0.29) is 5.91 Å². The number of ether oxygens (including phenoxy) is 2. The number of carbonyl (C=O) groups excluding carboxylic acids is 1. The van der Waals surface area contributed by atoms with Gasteiger partial charge in [-0.15, -0.1) is 0 Å². The van der Waals surface area contributed by atoms with E-state index >= 15 is 0 Å². The van der Waals surface area contributed by atoms with Gasteiger partial charge in [0.15, 0.2) is 0 Å². The molecule has 0 unspecified atom stereocenters. The van der Waals surface area contributed by atoms with E-state index in [0.29, 0.717) is 5.92 Å². The fourth-order valence-corrected chi connectivity index (χ4v) is 5.05. The van der Waals surface area contributed by atoms with Gasteiger partial charge in [0.25, 0.3) is 5.91 Å². The van der Waals surface area contributed by atoms with Crippen molar-refractivity contribution in [2.75, 3.05) is 53.0 Å². The summed E-state index contributed by atoms with van der Waals surface area (Å²) < 4.78 is 10.7. The van der Waals surface area contributed by atoms with E-state index in [9.17, 15) is 4.79 Å². The molecule has 2 saturated heterocycles. The number of aromatic nitrogens is 1. The van der Waals surface area contributed by atoms with Crippen LogP contribution < -0.4 is 4.74 Å². The molecule has 34 heavy (non-hydrogen) atoms. The first-order valence-electron chi connectivity index (χ1n) is 12.3. The summed E-state index contributed by atoms with van der Waals surface area (Å²) in [6, 6.07) is 17.7. The molecule has 2 aliphatic rings. The van der Waals surface area contributed by atoms with Gasteiger partial charge in [-0.2, -0.15) is 0 Å². The first-order valence-corrected chi connectivity index (χ1v) is 12.3. The lowest BCUT2D eigenvalue weighted by atomic mass is 9.92. The number of piperidine rings is 1. The van der Waals surface area contributed by atoms with E-state index in [1.54, 1.807) is 7.11 Å². The van der Waals surface area contributed by atoms with Gasteiger partial charge in [0.05, 0.1) is 37.1 Å². The smallest absolute Gasteiger partial charge is 0.254 e. The van der Waals surface area contributed by atoms with Crippen molar-refractivity contribution in [3.05, 3.63) is 60.2 Å². The average molecular weight is 460 g/mol. The van der Waals surface area contributed by atoms with Gasteiger partial charge in [-0.25, -0.2) is 4.98 Å². The zero-order chi connectivity index (χ0) is 23.3. The molecule has 6 nitrogen and oxygen atoms in total. The van der Waals surface area contributed by atoms with E-state index in [2.05, 4.69) is 4.90 Å². The molecule has 178 valence electrons. The van der Waals surface area contributed by atoms with Crippen molar-refractivity contribution in [3.8, 4) is 17.0 Å². The Morgan fingerprint density at radius 3 is 2.50 bits per heavy atom. The largest absolute Gasteiger partial charge is 0.497 e. The zero-order valence-corrected chi connectivity index (χ0v) is 19.9. The molecule has 3 heterocycles. The molecule has 1 aromatic heterocycles. The van der Waals surface area contributed by atoms with Gasteiger partial charge in [0.2, 0.25) is 0 Å². The average Bonchev–Trinajstić information content (AvgIpc) is 2.92. The minimum Gasteiger partial charge on any atom is -0.497 e. The third-order valence-corrected chi connectivity index (χ3v) is 7.19. The lowest BCUT2D eigenvalue weighted by Crippen LogP contribution is -2.41. The molecule has 6 heteroatoms. The molecule has 0 bridgehead atoms. The lowest BCUT2D eigenvalue weighted by molar-refractivity contribution is 0.0332. The first-order chi connectivity index (χ1) is 16.7. The predicted octanol–water partition coefficient (Wildman–Crippen LogP) is 4.48. The topological polar surface area (TPSA) is 54.9 Å². The number of hydrogen-bond acceptors (Lipinski definition) is 5. The molecular formula is C28H33N3O3. The number of para-hydroxylation sites is 1. The standard InChI is InChI=1S/C28H33N3O3/c1-33-23-8-6-22(7-9-23)27-20-25(24-4-2-3-5-26(24)29-27)28(32)31-14-11-21(12-15-31)10-13-30-16-18-34-19-17-30/h2-9,20-21H,10-19H2,1H3. The molecule has 2 aromatic carbocycles. The van der Waals surface area contributed by atoms with Crippen LogP contribution in [0.15, 0.2) is 54.6 Å². The second-order valence-electron chi connectivity index (χ2n) is 9.28. The molecule has 0 spiro atoms. The third-order valence-electron chi connectivity index (χ3n) is 7.19. The number of hydrogen-bond donors (Lipinski definition) is 0. The Hall–Kier alpha value is -2.96. The Morgan fingerprint density at radius 1 is 1.03 bits per heavy atom. The van der Waals surface area contributed by atoms with Gasteiger partial charge < -0.3 is 14.4 Å². The van der Waals surface area contributed by atoms with E-state index in [1.165, 1.54) is 6.42 Å². The van der Waals surface area contributed by atoms with Crippen LogP contribution in [0.2, 0.25) is 0 Å². The number of likely N-dealkylation sites (tertiary alicyclic amines) is 1. The summed E-state index contributed by atoms with van der Waals surface area (Å²) in [5.41, 5.74) is 3.37. The Bertz CT molecular complexity index is 1120. The number of fused-ring (bicyclic) bond motifs is 1. The highest BCUT2D eigenvalue weighted by Gasteiger charge is 2.26. The molecule has 0 saturated carbocycles. The Balaban J connectivity index is 1.30. The van der Waals surface area contributed by atoms with E-state index < -0.39 is 0 Å². The Kier molecular flexibility index (Phi) is 7.07. The van der Waals surface area contributed by atoms with Crippen LogP contribution in [0.5, 0.6) is 5.75 Å². The molecule has 2 aliphatic heterocycles. The number of carbonyl (C=O) groups is 1. The number of rotatable bonds is 6. The number of morpholine rings is 1. The number of benzene rings is 2. The maximum atomic E-state index is 13.7. The van der Waals surface area contributed by atoms with Gasteiger partial charge in [-0.1, -0.05) is 18.2 Å². The number of nitrogens with zero attached hydrogens (tertiary/aromatic N) is 3. The SMILES string of the molecule is COc1ccc(-c2cc(C(=O)N3CCC(CCN4CCOCC4)CC3)c3ccccc3n2)cc1. The Morgan fingerprint density at radius 2 is 1.76 bits per heavy atom. The Labute approximate surface area is 201 Å². The minimum atomic E-state index is 0.111. The van der Waals surface area contributed by atoms with Gasteiger partial charge >= 0.3 is 0 Å². The number of pyridine rings is 1. The van der Waals surface area contributed by atoms with Crippen LogP contribution in [0.3, 0.4) is 0 Å². The summed E-state index contributed by atoms with van der Waals surface area (Å²) in [6.45, 7) is 6.58. The van der Waals surface area contributed by atoms with Gasteiger partial charge in [0, 0.05) is 37.1 Å². The monoisotopic (exact) mass is 459 g/mol. The molecule has 0 atom stereocenters. The summed E-state index contributed by atoms with van der Waals surface area (Å²) in [5, 5.41) is 0.916. The molecule has 1 amide bonds. The van der Waals surface area contributed by atoms with Crippen molar-refractivity contribution in [1.29, 1.82) is 0 Å². The molecule has 5 rings (SSSR count). The van der Waals surface area contributed by atoms with E-state index in [4.69, 9.17) is 14.5 Å². The van der Waals surface area contributed by atoms with Crippen molar-refractivity contribution < 1.29 is 14.3 Å². The maximum absolute atomic E-state index is 13.7. The lowest BCUT2D eigenvalue weighted by Gasteiger charge is -2.34. The van der Waals surface area contributed by atoms with Crippen molar-refractivity contribution in [2.24, 2.45) is 5.92 Å². The van der Waals surface area contributed by atoms with Crippen LogP contribution >= 0.6 is 0 Å². The second-order valence-corrected chi connectivity index (χ2v) is 9.28. The third kappa shape index (κ3) is 5.08. The maximum Gasteiger partial charge on any atom is 0.254 e. The summed E-state index contributed by atoms with van der Waals surface area (Å²) in [5.74, 6) is 1.60. The number of amides is 1. The zero-order valence-electron chi connectivity index (χ0n) is 19.9. The molecule has 2 fully saturated rings. The highest BCUT2D eigenvalue weighted by molar-refractivity contribution is 6.07. The van der Waals surface area contributed by atoms with Gasteiger partial charge in [0.1, 0.15) is 5.75 Å². The minimum absolute atomic E-state index is 0.111. The highest BCUT2D eigenvalue weighted by atomic mass is 16.5. The van der Waals surface area contributed by atoms with Crippen molar-refractivity contribution >= 4 is 16.8 Å². The fraction of sp³-hybridized carbons (Fsp3) is 0.429. The molecule has 0 N–H and O–H groups in total. The second kappa shape index (κ2) is 10.5. The first kappa shape index (κ1) is 22.8. The van der Waals surface area contributed by atoms with Crippen LogP contribution in [0.1, 0.15) is 29.6 Å². The van der Waals surface area contributed by atoms with E-state index in [0.717, 1.165) is 92.3 Å². The summed E-state index contributed by atoms with van der Waals surface area (Å²) >= 11 is 0. The van der Waals surface area contributed by atoms with Crippen molar-refractivity contribution in [2.45, 2.75) is 19.3 Å². The molecule has 0 aliphatic carbocycles. The summed E-state index contributed by atoms with van der Waals surface area (Å²) in [4.78, 5) is 23.0. The van der Waals surface area contributed by atoms with Crippen LogP contribution in [-0.2, 0) is 4.74 Å². The molecule has 0 radical (unpaired) electrons. The normalized spacial score (nSPS) is 17.7. The molecular weight excluding hydrogens is 426 g/mol. The highest BCUT2D eigenvalue weighted by Crippen LogP contribution is 2.29. The van der Waals surface area contributed by atoms with E-state index in [1.807, 2.05) is 59.5 Å². The molecule has 3 aromatic rings. The van der Waals surface area contributed by atoms with Gasteiger partial charge in [-0.05, 0) is 68.1 Å². The van der Waals surface area contributed by atoms with Crippen LogP contribution in [-0.4, -0.2) is 73.7 Å². The fourth-order valence-electron chi connectivity index (χ4n) is 5.05. The van der Waals surface area contributed by atoms with Crippen molar-refractivity contribution in [1.82, 2.24) is 14.8 Å². The van der Waals surface area contributed by atoms with Crippen LogP contribution in [0.4, 0.5) is 0 Å². The predicted molar refractivity (Wildman–Crippen MR) is 134 cm³/mol. The number of methoxy groups -OCH3 is 1. The van der Waals surface area contributed by atoms with Crippen LogP contribution in [0, 0.1) is 5.92 Å². The van der Waals surface area contributed by atoms with Gasteiger partial charge in [-0.3, -0.25) is 9.69 Å². The summed E-state index contributed by atoms with van der Waals surface area (Å²) in [7, 11) is 1.66.